The smallest absolute Gasteiger partial charge is 0.0246 e. The van der Waals surface area contributed by atoms with Crippen molar-refractivity contribution >= 4 is 0 Å². The van der Waals surface area contributed by atoms with Crippen molar-refractivity contribution in [3.63, 3.8) is 0 Å². The van der Waals surface area contributed by atoms with Gasteiger partial charge in [-0.1, -0.05) is 6.92 Å². The lowest BCUT2D eigenvalue weighted by Crippen LogP contribution is -2.43. The van der Waals surface area contributed by atoms with Crippen molar-refractivity contribution in [1.82, 2.24) is 4.90 Å². The Labute approximate surface area is 87.8 Å². The summed E-state index contributed by atoms with van der Waals surface area (Å²) < 4.78 is 0. The summed E-state index contributed by atoms with van der Waals surface area (Å²) in [5, 5.41) is 0. The standard InChI is InChI=1S/C12H24N2/c1-2-7-14(9-10-3-4-10)12(8-13)11-5-6-11/h10-12H,2-9,13H2,1H3. The van der Waals surface area contributed by atoms with Gasteiger partial charge in [0, 0.05) is 19.1 Å². The summed E-state index contributed by atoms with van der Waals surface area (Å²) in [6.45, 7) is 5.73. The normalized spacial score (nSPS) is 24.2. The predicted octanol–water partition coefficient (Wildman–Crippen LogP) is 1.85. The van der Waals surface area contributed by atoms with Crippen molar-refractivity contribution in [3.05, 3.63) is 0 Å². The maximum atomic E-state index is 5.90. The lowest BCUT2D eigenvalue weighted by Gasteiger charge is -2.30. The fourth-order valence-electron chi connectivity index (χ4n) is 2.43. The van der Waals surface area contributed by atoms with Crippen LogP contribution in [0.3, 0.4) is 0 Å². The van der Waals surface area contributed by atoms with Gasteiger partial charge in [0.15, 0.2) is 0 Å². The van der Waals surface area contributed by atoms with Gasteiger partial charge in [0.25, 0.3) is 0 Å². The maximum Gasteiger partial charge on any atom is 0.0246 e. The summed E-state index contributed by atoms with van der Waals surface area (Å²) in [6.07, 6.45) is 7.04. The van der Waals surface area contributed by atoms with Gasteiger partial charge in [0.2, 0.25) is 0 Å². The van der Waals surface area contributed by atoms with Gasteiger partial charge in [-0.25, -0.2) is 0 Å². The van der Waals surface area contributed by atoms with Crippen molar-refractivity contribution in [2.45, 2.75) is 45.1 Å². The molecule has 2 N–H and O–H groups in total. The van der Waals surface area contributed by atoms with Gasteiger partial charge in [-0.15, -0.1) is 0 Å². The molecule has 0 amide bonds. The van der Waals surface area contributed by atoms with Crippen LogP contribution in [0.2, 0.25) is 0 Å². The topological polar surface area (TPSA) is 29.3 Å². The molecule has 0 bridgehead atoms. The first kappa shape index (κ1) is 10.4. The Balaban J connectivity index is 1.84. The van der Waals surface area contributed by atoms with E-state index in [1.165, 1.54) is 45.2 Å². The molecule has 0 spiro atoms. The second-order valence-corrected chi connectivity index (χ2v) is 5.08. The molecule has 2 nitrogen and oxygen atoms in total. The third-order valence-corrected chi connectivity index (χ3v) is 3.58. The van der Waals surface area contributed by atoms with Crippen LogP contribution in [0.25, 0.3) is 0 Å². The average Bonchev–Trinajstić information content (AvgIpc) is 3.00. The molecule has 0 saturated heterocycles. The molecule has 0 aromatic carbocycles. The first-order valence-electron chi connectivity index (χ1n) is 6.29. The molecule has 2 heteroatoms. The molecule has 2 fully saturated rings. The highest BCUT2D eigenvalue weighted by Crippen LogP contribution is 2.37. The van der Waals surface area contributed by atoms with E-state index in [-0.39, 0.29) is 0 Å². The van der Waals surface area contributed by atoms with E-state index < -0.39 is 0 Å². The first-order valence-corrected chi connectivity index (χ1v) is 6.29. The third kappa shape index (κ3) is 2.71. The summed E-state index contributed by atoms with van der Waals surface area (Å²) in [7, 11) is 0. The van der Waals surface area contributed by atoms with E-state index >= 15 is 0 Å². The Morgan fingerprint density at radius 3 is 2.43 bits per heavy atom. The van der Waals surface area contributed by atoms with Crippen LogP contribution in [-0.2, 0) is 0 Å². The SMILES string of the molecule is CCCN(CC1CC1)C(CN)C1CC1. The molecule has 1 unspecified atom stereocenters. The van der Waals surface area contributed by atoms with Crippen molar-refractivity contribution in [2.24, 2.45) is 17.6 Å². The lowest BCUT2D eigenvalue weighted by atomic mass is 10.1. The molecule has 0 aliphatic heterocycles. The van der Waals surface area contributed by atoms with E-state index in [1.807, 2.05) is 0 Å². The zero-order valence-electron chi connectivity index (χ0n) is 9.41. The van der Waals surface area contributed by atoms with Crippen molar-refractivity contribution < 1.29 is 0 Å². The van der Waals surface area contributed by atoms with Crippen LogP contribution in [-0.4, -0.2) is 30.6 Å². The molecule has 2 aliphatic carbocycles. The fourth-order valence-corrected chi connectivity index (χ4v) is 2.43. The number of nitrogens with two attached hydrogens (primary N) is 1. The largest absolute Gasteiger partial charge is 0.329 e. The molecule has 0 aromatic heterocycles. The molecule has 0 heterocycles. The van der Waals surface area contributed by atoms with Gasteiger partial charge in [0.1, 0.15) is 0 Å². The van der Waals surface area contributed by atoms with Crippen LogP contribution in [0.15, 0.2) is 0 Å². The molecular weight excluding hydrogens is 172 g/mol. The second-order valence-electron chi connectivity index (χ2n) is 5.08. The van der Waals surface area contributed by atoms with Crippen LogP contribution in [0.1, 0.15) is 39.0 Å². The first-order chi connectivity index (χ1) is 6.85. The predicted molar refractivity (Wildman–Crippen MR) is 60.2 cm³/mol. The number of rotatable bonds is 7. The molecular formula is C12H24N2. The van der Waals surface area contributed by atoms with Crippen molar-refractivity contribution in [1.29, 1.82) is 0 Å². The summed E-state index contributed by atoms with van der Waals surface area (Å²) in [5.41, 5.74) is 5.90. The van der Waals surface area contributed by atoms with Crippen molar-refractivity contribution in [3.8, 4) is 0 Å². The molecule has 0 aromatic rings. The summed E-state index contributed by atoms with van der Waals surface area (Å²) in [6, 6.07) is 0.704. The highest BCUT2D eigenvalue weighted by atomic mass is 15.2. The molecule has 82 valence electrons. The quantitative estimate of drug-likeness (QED) is 0.673. The van der Waals surface area contributed by atoms with Gasteiger partial charge in [0.05, 0.1) is 0 Å². The van der Waals surface area contributed by atoms with Crippen LogP contribution in [0, 0.1) is 11.8 Å². The van der Waals surface area contributed by atoms with Gasteiger partial charge in [-0.3, -0.25) is 4.90 Å². The lowest BCUT2D eigenvalue weighted by molar-refractivity contribution is 0.173. The minimum Gasteiger partial charge on any atom is -0.329 e. The number of nitrogens with zero attached hydrogens (tertiary/aromatic N) is 1. The van der Waals surface area contributed by atoms with Gasteiger partial charge in [-0.05, 0) is 50.5 Å². The molecule has 2 saturated carbocycles. The van der Waals surface area contributed by atoms with Gasteiger partial charge in [-0.2, -0.15) is 0 Å². The summed E-state index contributed by atoms with van der Waals surface area (Å²) >= 11 is 0. The zero-order chi connectivity index (χ0) is 9.97. The summed E-state index contributed by atoms with van der Waals surface area (Å²) in [4.78, 5) is 2.68. The van der Waals surface area contributed by atoms with Crippen molar-refractivity contribution in [2.75, 3.05) is 19.6 Å². The minimum atomic E-state index is 0.704. The van der Waals surface area contributed by atoms with Gasteiger partial charge >= 0.3 is 0 Å². The Morgan fingerprint density at radius 2 is 2.00 bits per heavy atom. The van der Waals surface area contributed by atoms with E-state index in [0.29, 0.717) is 6.04 Å². The highest BCUT2D eigenvalue weighted by molar-refractivity contribution is 4.90. The van der Waals surface area contributed by atoms with E-state index in [2.05, 4.69) is 11.8 Å². The monoisotopic (exact) mass is 196 g/mol. The maximum absolute atomic E-state index is 5.90. The van der Waals surface area contributed by atoms with Gasteiger partial charge < -0.3 is 5.73 Å². The fraction of sp³-hybridized carbons (Fsp3) is 1.00. The Morgan fingerprint density at radius 1 is 1.29 bits per heavy atom. The number of hydrogen-bond acceptors (Lipinski definition) is 2. The molecule has 2 rings (SSSR count). The molecule has 14 heavy (non-hydrogen) atoms. The molecule has 1 atom stereocenters. The van der Waals surface area contributed by atoms with E-state index in [9.17, 15) is 0 Å². The van der Waals surface area contributed by atoms with E-state index in [0.717, 1.165) is 18.4 Å². The zero-order valence-corrected chi connectivity index (χ0v) is 9.41. The Kier molecular flexibility index (Phi) is 3.45. The average molecular weight is 196 g/mol. The van der Waals surface area contributed by atoms with Crippen LogP contribution >= 0.6 is 0 Å². The summed E-state index contributed by atoms with van der Waals surface area (Å²) in [5.74, 6) is 1.94. The Bertz CT molecular complexity index is 173. The Hall–Kier alpha value is -0.0800. The molecule has 2 aliphatic rings. The highest BCUT2D eigenvalue weighted by Gasteiger charge is 2.36. The van der Waals surface area contributed by atoms with E-state index in [4.69, 9.17) is 5.73 Å². The van der Waals surface area contributed by atoms with E-state index in [1.54, 1.807) is 0 Å². The second kappa shape index (κ2) is 4.63. The van der Waals surface area contributed by atoms with Crippen LogP contribution < -0.4 is 5.73 Å². The molecule has 0 radical (unpaired) electrons. The third-order valence-electron chi connectivity index (χ3n) is 3.58. The number of hydrogen-bond donors (Lipinski definition) is 1. The minimum absolute atomic E-state index is 0.704. The van der Waals surface area contributed by atoms with Crippen LogP contribution in [0.4, 0.5) is 0 Å². The van der Waals surface area contributed by atoms with Crippen LogP contribution in [0.5, 0.6) is 0 Å².